The first-order valence-corrected chi connectivity index (χ1v) is 9.66. The molecule has 0 N–H and O–H groups in total. The van der Waals surface area contributed by atoms with E-state index in [4.69, 9.17) is 16.3 Å². The van der Waals surface area contributed by atoms with Crippen molar-refractivity contribution in [2.75, 3.05) is 38.7 Å². The van der Waals surface area contributed by atoms with Crippen LogP contribution in [0.1, 0.15) is 17.0 Å². The number of benzene rings is 2. The molecule has 27 heavy (non-hydrogen) atoms. The lowest BCUT2D eigenvalue weighted by Gasteiger charge is -2.34. The van der Waals surface area contributed by atoms with E-state index in [0.29, 0.717) is 32.8 Å². The molecule has 1 saturated heterocycles. The summed E-state index contributed by atoms with van der Waals surface area (Å²) >= 11 is 5.59. The number of alkyl halides is 1. The highest BCUT2D eigenvalue weighted by atomic mass is 35.5. The van der Waals surface area contributed by atoms with Gasteiger partial charge < -0.3 is 14.5 Å². The molecule has 2 aliphatic rings. The number of fused-ring (bicyclic) bond motifs is 3. The number of halogens is 1. The fourth-order valence-electron chi connectivity index (χ4n) is 3.91. The van der Waals surface area contributed by atoms with Gasteiger partial charge in [-0.3, -0.25) is 4.79 Å². The summed E-state index contributed by atoms with van der Waals surface area (Å²) in [5.74, 6) is -0.0605. The van der Waals surface area contributed by atoms with Gasteiger partial charge in [-0.2, -0.15) is 0 Å². The number of nitrogens with zero attached hydrogens (tertiary/aromatic N) is 2. The minimum absolute atomic E-state index is 0.0229. The number of piperazine rings is 1. The van der Waals surface area contributed by atoms with Crippen molar-refractivity contribution >= 4 is 23.6 Å². The molecule has 140 valence electrons. The highest BCUT2D eigenvalue weighted by Crippen LogP contribution is 2.44. The van der Waals surface area contributed by atoms with E-state index < -0.39 is 0 Å². The monoisotopic (exact) mass is 384 g/mol. The molecule has 5 nitrogen and oxygen atoms in total. The third-order valence-electron chi connectivity index (χ3n) is 5.34. The van der Waals surface area contributed by atoms with E-state index >= 15 is 0 Å². The van der Waals surface area contributed by atoms with Crippen LogP contribution < -0.4 is 0 Å². The molecule has 0 saturated carbocycles. The Hall–Kier alpha value is -2.53. The van der Waals surface area contributed by atoms with Crippen LogP contribution in [0.5, 0.6) is 0 Å². The van der Waals surface area contributed by atoms with E-state index in [1.807, 2.05) is 24.3 Å². The molecule has 1 aliphatic carbocycles. The van der Waals surface area contributed by atoms with Crippen LogP contribution in [0.2, 0.25) is 0 Å². The Bertz CT molecular complexity index is 817. The van der Waals surface area contributed by atoms with Crippen LogP contribution in [0.4, 0.5) is 4.79 Å². The molecule has 0 atom stereocenters. The van der Waals surface area contributed by atoms with E-state index in [1.54, 1.807) is 9.80 Å². The van der Waals surface area contributed by atoms with E-state index in [0.717, 1.165) is 0 Å². The first-order chi connectivity index (χ1) is 13.2. The van der Waals surface area contributed by atoms with Crippen molar-refractivity contribution < 1.29 is 14.3 Å². The van der Waals surface area contributed by atoms with Gasteiger partial charge in [-0.05, 0) is 22.3 Å². The van der Waals surface area contributed by atoms with Crippen molar-refractivity contribution in [3.63, 3.8) is 0 Å². The highest BCUT2D eigenvalue weighted by molar-refractivity contribution is 6.27. The summed E-state index contributed by atoms with van der Waals surface area (Å²) in [4.78, 5) is 27.5. The lowest BCUT2D eigenvalue weighted by atomic mass is 9.98. The molecule has 0 bridgehead atoms. The van der Waals surface area contributed by atoms with Crippen LogP contribution in [0.15, 0.2) is 48.5 Å². The Morgan fingerprint density at radius 3 is 1.96 bits per heavy atom. The fraction of sp³-hybridized carbons (Fsp3) is 0.333. The van der Waals surface area contributed by atoms with E-state index in [9.17, 15) is 9.59 Å². The molecule has 0 aromatic heterocycles. The standard InChI is InChI=1S/C21H21ClN2O3/c22-13-20(25)23-9-11-24(12-10-23)21(26)27-14-19-17-7-3-1-5-15(17)16-6-2-4-8-18(16)19/h1-8,19H,9-14H2. The summed E-state index contributed by atoms with van der Waals surface area (Å²) in [7, 11) is 0. The minimum Gasteiger partial charge on any atom is -0.448 e. The average molecular weight is 385 g/mol. The number of carbonyl (C=O) groups is 2. The second-order valence-corrected chi connectivity index (χ2v) is 7.07. The molecule has 1 aliphatic heterocycles. The number of hydrogen-bond acceptors (Lipinski definition) is 3. The zero-order valence-electron chi connectivity index (χ0n) is 14.9. The Morgan fingerprint density at radius 1 is 0.889 bits per heavy atom. The first kappa shape index (κ1) is 17.9. The maximum absolute atomic E-state index is 12.5. The number of hydrogen-bond donors (Lipinski definition) is 0. The number of rotatable bonds is 3. The second kappa shape index (κ2) is 7.61. The van der Waals surface area contributed by atoms with E-state index in [2.05, 4.69) is 24.3 Å². The number of ether oxygens (including phenoxy) is 1. The Balaban J connectivity index is 1.41. The van der Waals surface area contributed by atoms with Gasteiger partial charge in [-0.25, -0.2) is 4.79 Å². The third-order valence-corrected chi connectivity index (χ3v) is 5.57. The van der Waals surface area contributed by atoms with Gasteiger partial charge in [0.1, 0.15) is 12.5 Å². The lowest BCUT2D eigenvalue weighted by Crippen LogP contribution is -2.51. The van der Waals surface area contributed by atoms with Gasteiger partial charge in [0, 0.05) is 32.1 Å². The van der Waals surface area contributed by atoms with E-state index in [1.165, 1.54) is 22.3 Å². The lowest BCUT2D eigenvalue weighted by molar-refractivity contribution is -0.130. The van der Waals surface area contributed by atoms with Crippen molar-refractivity contribution in [2.24, 2.45) is 0 Å². The summed E-state index contributed by atoms with van der Waals surface area (Å²) in [6, 6.07) is 16.5. The zero-order chi connectivity index (χ0) is 18.8. The van der Waals surface area contributed by atoms with Crippen LogP contribution >= 0.6 is 11.6 Å². The van der Waals surface area contributed by atoms with Gasteiger partial charge in [-0.15, -0.1) is 11.6 Å². The summed E-state index contributed by atoms with van der Waals surface area (Å²) in [6.07, 6.45) is -0.324. The predicted molar refractivity (Wildman–Crippen MR) is 104 cm³/mol. The quantitative estimate of drug-likeness (QED) is 0.763. The Morgan fingerprint density at radius 2 is 1.41 bits per heavy atom. The number of carbonyl (C=O) groups excluding carboxylic acids is 2. The van der Waals surface area contributed by atoms with Gasteiger partial charge in [0.15, 0.2) is 0 Å². The molecule has 2 aromatic rings. The SMILES string of the molecule is O=C(CCl)N1CCN(C(=O)OCC2c3ccccc3-c3ccccc32)CC1. The van der Waals surface area contributed by atoms with E-state index in [-0.39, 0.29) is 23.8 Å². The summed E-state index contributed by atoms with van der Waals surface area (Å²) in [5, 5.41) is 0. The summed E-state index contributed by atoms with van der Waals surface area (Å²) in [6.45, 7) is 2.25. The first-order valence-electron chi connectivity index (χ1n) is 9.12. The maximum atomic E-state index is 12.5. The van der Waals surface area contributed by atoms with Crippen LogP contribution in [0.25, 0.3) is 11.1 Å². The topological polar surface area (TPSA) is 49.9 Å². The van der Waals surface area contributed by atoms with Gasteiger partial charge in [0.05, 0.1) is 0 Å². The molecule has 2 amide bonds. The molecule has 2 aromatic carbocycles. The molecule has 4 rings (SSSR count). The normalized spacial score (nSPS) is 16.0. The second-order valence-electron chi connectivity index (χ2n) is 6.81. The smallest absolute Gasteiger partial charge is 0.409 e. The van der Waals surface area contributed by atoms with Crippen molar-refractivity contribution in [2.45, 2.75) is 5.92 Å². The molecule has 1 fully saturated rings. The van der Waals surface area contributed by atoms with Gasteiger partial charge in [0.25, 0.3) is 0 Å². The van der Waals surface area contributed by atoms with Crippen molar-refractivity contribution in [1.82, 2.24) is 9.80 Å². The maximum Gasteiger partial charge on any atom is 0.409 e. The van der Waals surface area contributed by atoms with Crippen molar-refractivity contribution in [1.29, 1.82) is 0 Å². The van der Waals surface area contributed by atoms with Crippen molar-refractivity contribution in [3.8, 4) is 11.1 Å². The summed E-state index contributed by atoms with van der Waals surface area (Å²) < 4.78 is 5.66. The van der Waals surface area contributed by atoms with Gasteiger partial charge >= 0.3 is 6.09 Å². The molecular formula is C21H21ClN2O3. The average Bonchev–Trinajstić information content (AvgIpc) is 3.05. The minimum atomic E-state index is -0.324. The van der Waals surface area contributed by atoms with Crippen LogP contribution in [-0.2, 0) is 9.53 Å². The molecule has 0 spiro atoms. The highest BCUT2D eigenvalue weighted by Gasteiger charge is 2.30. The third kappa shape index (κ3) is 3.39. The molecule has 0 radical (unpaired) electrons. The molecule has 0 unspecified atom stereocenters. The zero-order valence-corrected chi connectivity index (χ0v) is 15.7. The molecule has 6 heteroatoms. The predicted octanol–water partition coefficient (Wildman–Crippen LogP) is 3.32. The fourth-order valence-corrected chi connectivity index (χ4v) is 4.08. The van der Waals surface area contributed by atoms with Gasteiger partial charge in [-0.1, -0.05) is 48.5 Å². The Kier molecular flexibility index (Phi) is 5.03. The Labute approximate surface area is 163 Å². The van der Waals surface area contributed by atoms with Crippen LogP contribution in [0, 0.1) is 0 Å². The molecule has 1 heterocycles. The summed E-state index contributed by atoms with van der Waals surface area (Å²) in [5.41, 5.74) is 4.82. The largest absolute Gasteiger partial charge is 0.448 e. The molecular weight excluding hydrogens is 364 g/mol. The number of amides is 2. The van der Waals surface area contributed by atoms with Gasteiger partial charge in [0.2, 0.25) is 5.91 Å². The van der Waals surface area contributed by atoms with Crippen LogP contribution in [0.3, 0.4) is 0 Å². The van der Waals surface area contributed by atoms with Crippen molar-refractivity contribution in [3.05, 3.63) is 59.7 Å². The van der Waals surface area contributed by atoms with Crippen LogP contribution in [-0.4, -0.2) is 60.5 Å².